The summed E-state index contributed by atoms with van der Waals surface area (Å²) in [5.74, 6) is 0.913. The van der Waals surface area contributed by atoms with Crippen molar-refractivity contribution < 1.29 is 17.9 Å². The predicted molar refractivity (Wildman–Crippen MR) is 79.7 cm³/mol. The molecule has 1 saturated heterocycles. The molecule has 0 amide bonds. The largest absolute Gasteiger partial charge is 0.493 e. The highest BCUT2D eigenvalue weighted by Crippen LogP contribution is 2.32. The molecule has 0 saturated carbocycles. The van der Waals surface area contributed by atoms with E-state index in [4.69, 9.17) is 10.5 Å². The monoisotopic (exact) mass is 316 g/mol. The lowest BCUT2D eigenvalue weighted by Crippen LogP contribution is -2.37. The number of piperidine rings is 1. The third kappa shape index (κ3) is 4.61. The number of ether oxygens (including phenoxy) is 1. The second kappa shape index (κ2) is 7.33. The van der Waals surface area contributed by atoms with E-state index in [2.05, 4.69) is 11.9 Å². The molecule has 0 aromatic heterocycles. The number of rotatable bonds is 5. The molecule has 124 valence electrons. The van der Waals surface area contributed by atoms with Crippen LogP contribution < -0.4 is 10.5 Å². The van der Waals surface area contributed by atoms with E-state index in [1.165, 1.54) is 6.07 Å². The van der Waals surface area contributed by atoms with Crippen LogP contribution in [0.3, 0.4) is 0 Å². The molecule has 1 unspecified atom stereocenters. The smallest absolute Gasteiger partial charge is 0.416 e. The van der Waals surface area contributed by atoms with Crippen molar-refractivity contribution in [3.8, 4) is 5.75 Å². The molecule has 0 aliphatic carbocycles. The van der Waals surface area contributed by atoms with Crippen molar-refractivity contribution >= 4 is 0 Å². The molecule has 22 heavy (non-hydrogen) atoms. The van der Waals surface area contributed by atoms with Crippen LogP contribution in [0, 0.1) is 11.8 Å². The minimum Gasteiger partial charge on any atom is -0.493 e. The maximum Gasteiger partial charge on any atom is 0.416 e. The summed E-state index contributed by atoms with van der Waals surface area (Å²) in [6.45, 7) is 2.93. The summed E-state index contributed by atoms with van der Waals surface area (Å²) in [7, 11) is 2.09. The Balaban J connectivity index is 1.93. The van der Waals surface area contributed by atoms with Crippen LogP contribution in [0.5, 0.6) is 5.75 Å². The number of benzene rings is 1. The predicted octanol–water partition coefficient (Wildman–Crippen LogP) is 3.00. The van der Waals surface area contributed by atoms with E-state index in [0.29, 0.717) is 19.1 Å². The molecule has 1 aliphatic rings. The van der Waals surface area contributed by atoms with Crippen LogP contribution in [0.15, 0.2) is 24.3 Å². The first kappa shape index (κ1) is 17.1. The zero-order chi connectivity index (χ0) is 16.2. The summed E-state index contributed by atoms with van der Waals surface area (Å²) in [5.41, 5.74) is 5.14. The van der Waals surface area contributed by atoms with Crippen LogP contribution in [-0.2, 0) is 6.18 Å². The van der Waals surface area contributed by atoms with Crippen LogP contribution in [0.25, 0.3) is 0 Å². The van der Waals surface area contributed by atoms with E-state index in [1.807, 2.05) is 0 Å². The van der Waals surface area contributed by atoms with Crippen molar-refractivity contribution in [2.75, 3.05) is 33.3 Å². The molecule has 0 radical (unpaired) electrons. The minimum absolute atomic E-state index is 0.184. The fourth-order valence-electron chi connectivity index (χ4n) is 2.86. The number of alkyl halides is 3. The van der Waals surface area contributed by atoms with Gasteiger partial charge in [0.25, 0.3) is 0 Å². The van der Waals surface area contributed by atoms with Crippen molar-refractivity contribution in [2.45, 2.75) is 19.0 Å². The molecule has 0 bridgehead atoms. The molecular formula is C16H23F3N2O. The van der Waals surface area contributed by atoms with Gasteiger partial charge in [0.2, 0.25) is 0 Å². The average molecular weight is 316 g/mol. The van der Waals surface area contributed by atoms with E-state index >= 15 is 0 Å². The average Bonchev–Trinajstić information content (AvgIpc) is 2.49. The zero-order valence-electron chi connectivity index (χ0n) is 12.8. The SMILES string of the molecule is CN1CCC(C(CN)COc2cccc(C(F)(F)F)c2)CC1. The van der Waals surface area contributed by atoms with E-state index in [-0.39, 0.29) is 11.7 Å². The van der Waals surface area contributed by atoms with E-state index in [9.17, 15) is 13.2 Å². The van der Waals surface area contributed by atoms with Gasteiger partial charge >= 0.3 is 6.18 Å². The maximum atomic E-state index is 12.7. The van der Waals surface area contributed by atoms with Crippen molar-refractivity contribution in [1.82, 2.24) is 4.90 Å². The Morgan fingerprint density at radius 3 is 2.59 bits per heavy atom. The lowest BCUT2D eigenvalue weighted by molar-refractivity contribution is -0.137. The van der Waals surface area contributed by atoms with E-state index in [0.717, 1.165) is 38.1 Å². The summed E-state index contributed by atoms with van der Waals surface area (Å²) in [5, 5.41) is 0. The number of hydrogen-bond acceptors (Lipinski definition) is 3. The van der Waals surface area contributed by atoms with Crippen molar-refractivity contribution in [1.29, 1.82) is 0 Å². The van der Waals surface area contributed by atoms with Gasteiger partial charge in [0.05, 0.1) is 12.2 Å². The van der Waals surface area contributed by atoms with Gasteiger partial charge in [-0.2, -0.15) is 13.2 Å². The molecule has 1 aliphatic heterocycles. The first-order valence-electron chi connectivity index (χ1n) is 7.59. The van der Waals surface area contributed by atoms with Crippen LogP contribution in [0.1, 0.15) is 18.4 Å². The van der Waals surface area contributed by atoms with Gasteiger partial charge in [0.15, 0.2) is 0 Å². The van der Waals surface area contributed by atoms with Gasteiger partial charge in [-0.05, 0) is 63.6 Å². The fourth-order valence-corrected chi connectivity index (χ4v) is 2.86. The molecule has 1 heterocycles. The van der Waals surface area contributed by atoms with Crippen molar-refractivity contribution in [3.63, 3.8) is 0 Å². The molecule has 1 atom stereocenters. The Hall–Kier alpha value is -1.27. The number of likely N-dealkylation sites (tertiary alicyclic amines) is 1. The number of nitrogens with two attached hydrogens (primary N) is 1. The second-order valence-electron chi connectivity index (χ2n) is 5.97. The molecule has 6 heteroatoms. The third-order valence-electron chi connectivity index (χ3n) is 4.36. The van der Waals surface area contributed by atoms with E-state index in [1.54, 1.807) is 6.07 Å². The molecule has 1 aromatic carbocycles. The highest BCUT2D eigenvalue weighted by atomic mass is 19.4. The van der Waals surface area contributed by atoms with Gasteiger partial charge in [-0.25, -0.2) is 0 Å². The molecule has 2 N–H and O–H groups in total. The normalized spacial score (nSPS) is 19.1. The lowest BCUT2D eigenvalue weighted by atomic mass is 9.85. The quantitative estimate of drug-likeness (QED) is 0.907. The van der Waals surface area contributed by atoms with Gasteiger partial charge in [0, 0.05) is 5.92 Å². The summed E-state index contributed by atoms with van der Waals surface area (Å²) < 4.78 is 43.6. The van der Waals surface area contributed by atoms with E-state index < -0.39 is 11.7 Å². The van der Waals surface area contributed by atoms with Crippen molar-refractivity contribution in [2.24, 2.45) is 17.6 Å². The van der Waals surface area contributed by atoms with Crippen LogP contribution >= 0.6 is 0 Å². The summed E-state index contributed by atoms with van der Waals surface area (Å²) >= 11 is 0. The number of halogens is 3. The zero-order valence-corrected chi connectivity index (χ0v) is 12.8. The Kier molecular flexibility index (Phi) is 5.69. The summed E-state index contributed by atoms with van der Waals surface area (Å²) in [6, 6.07) is 5.01. The van der Waals surface area contributed by atoms with Crippen LogP contribution in [0.2, 0.25) is 0 Å². The van der Waals surface area contributed by atoms with Crippen LogP contribution in [-0.4, -0.2) is 38.2 Å². The lowest BCUT2D eigenvalue weighted by Gasteiger charge is -2.33. The molecule has 2 rings (SSSR count). The van der Waals surface area contributed by atoms with Gasteiger partial charge in [0.1, 0.15) is 5.75 Å². The second-order valence-corrected chi connectivity index (χ2v) is 5.97. The Morgan fingerprint density at radius 1 is 1.32 bits per heavy atom. The number of nitrogens with zero attached hydrogens (tertiary/aromatic N) is 1. The van der Waals surface area contributed by atoms with Gasteiger partial charge < -0.3 is 15.4 Å². The van der Waals surface area contributed by atoms with Gasteiger partial charge in [-0.15, -0.1) is 0 Å². The molecule has 1 aromatic rings. The van der Waals surface area contributed by atoms with Crippen LogP contribution in [0.4, 0.5) is 13.2 Å². The summed E-state index contributed by atoms with van der Waals surface area (Å²) in [4.78, 5) is 2.28. The highest BCUT2D eigenvalue weighted by Gasteiger charge is 2.31. The fraction of sp³-hybridized carbons (Fsp3) is 0.625. The summed E-state index contributed by atoms with van der Waals surface area (Å²) in [6.07, 6.45) is -2.23. The Bertz CT molecular complexity index is 471. The first-order chi connectivity index (χ1) is 10.4. The molecule has 0 spiro atoms. The highest BCUT2D eigenvalue weighted by molar-refractivity contribution is 5.30. The third-order valence-corrected chi connectivity index (χ3v) is 4.36. The maximum absolute atomic E-state index is 12.7. The van der Waals surface area contributed by atoms with Gasteiger partial charge in [-0.1, -0.05) is 6.07 Å². The van der Waals surface area contributed by atoms with Gasteiger partial charge in [-0.3, -0.25) is 0 Å². The van der Waals surface area contributed by atoms with Crippen molar-refractivity contribution in [3.05, 3.63) is 29.8 Å². The standard InChI is InChI=1S/C16H23F3N2O/c1-21-7-5-12(6-8-21)13(10-20)11-22-15-4-2-3-14(9-15)16(17,18)19/h2-4,9,12-13H,5-8,10-11,20H2,1H3. The Labute approximate surface area is 129 Å². The molecule has 1 fully saturated rings. The minimum atomic E-state index is -4.35. The Morgan fingerprint density at radius 2 is 2.00 bits per heavy atom. The first-order valence-corrected chi connectivity index (χ1v) is 7.59. The topological polar surface area (TPSA) is 38.5 Å². The molecule has 3 nitrogen and oxygen atoms in total. The number of hydrogen-bond donors (Lipinski definition) is 1. The molecular weight excluding hydrogens is 293 g/mol.